The molecule has 0 radical (unpaired) electrons. The van der Waals surface area contributed by atoms with Gasteiger partial charge in [0.25, 0.3) is 11.7 Å². The second kappa shape index (κ2) is 5.64. The van der Waals surface area contributed by atoms with Gasteiger partial charge in [0.2, 0.25) is 0 Å². The number of ketones is 1. The first-order valence-electron chi connectivity index (χ1n) is 7.24. The lowest BCUT2D eigenvalue weighted by atomic mass is 10.1. The molecule has 0 aliphatic carbocycles. The van der Waals surface area contributed by atoms with E-state index in [1.54, 1.807) is 18.2 Å². The van der Waals surface area contributed by atoms with Crippen LogP contribution in [-0.4, -0.2) is 24.8 Å². The van der Waals surface area contributed by atoms with Crippen molar-refractivity contribution < 1.29 is 14.3 Å². The van der Waals surface area contributed by atoms with E-state index in [1.807, 2.05) is 38.1 Å². The number of amides is 1. The van der Waals surface area contributed by atoms with Gasteiger partial charge in [0.15, 0.2) is 0 Å². The molecule has 1 aliphatic heterocycles. The number of ether oxygens (including phenoxy) is 1. The standard InChI is InChI=1S/C18H17NO3/c1-12-6-5-9-16(13(12)2)22-11-10-19-15-8-4-3-7-14(15)17(20)18(19)21/h3-9H,10-11H2,1-2H3. The normalized spacial score (nSPS) is 13.5. The van der Waals surface area contributed by atoms with Gasteiger partial charge in [-0.15, -0.1) is 0 Å². The van der Waals surface area contributed by atoms with Gasteiger partial charge in [-0.25, -0.2) is 0 Å². The summed E-state index contributed by atoms with van der Waals surface area (Å²) in [6.07, 6.45) is 0. The molecule has 0 bridgehead atoms. The minimum atomic E-state index is -0.481. The molecule has 2 aromatic rings. The molecule has 0 N–H and O–H groups in total. The van der Waals surface area contributed by atoms with Crippen LogP contribution in [0, 0.1) is 13.8 Å². The Morgan fingerprint density at radius 2 is 1.77 bits per heavy atom. The van der Waals surface area contributed by atoms with E-state index in [1.165, 1.54) is 4.90 Å². The van der Waals surface area contributed by atoms with Gasteiger partial charge >= 0.3 is 0 Å². The lowest BCUT2D eigenvalue weighted by Crippen LogP contribution is -2.33. The van der Waals surface area contributed by atoms with Gasteiger partial charge in [-0.1, -0.05) is 24.3 Å². The summed E-state index contributed by atoms with van der Waals surface area (Å²) >= 11 is 0. The van der Waals surface area contributed by atoms with Gasteiger partial charge in [-0.2, -0.15) is 0 Å². The van der Waals surface area contributed by atoms with Crippen molar-refractivity contribution in [1.82, 2.24) is 0 Å². The number of carbonyl (C=O) groups is 2. The van der Waals surface area contributed by atoms with Crippen LogP contribution in [0.5, 0.6) is 5.75 Å². The van der Waals surface area contributed by atoms with Gasteiger partial charge in [-0.3, -0.25) is 9.59 Å². The van der Waals surface area contributed by atoms with Crippen LogP contribution in [0.25, 0.3) is 0 Å². The van der Waals surface area contributed by atoms with Crippen molar-refractivity contribution in [3.63, 3.8) is 0 Å². The number of para-hydroxylation sites is 1. The Morgan fingerprint density at radius 1 is 1.00 bits per heavy atom. The summed E-state index contributed by atoms with van der Waals surface area (Å²) in [5.41, 5.74) is 3.39. The monoisotopic (exact) mass is 295 g/mol. The topological polar surface area (TPSA) is 46.6 Å². The fourth-order valence-electron chi connectivity index (χ4n) is 2.60. The smallest absolute Gasteiger partial charge is 0.299 e. The maximum Gasteiger partial charge on any atom is 0.299 e. The van der Waals surface area contributed by atoms with Crippen LogP contribution in [-0.2, 0) is 4.79 Å². The molecule has 0 atom stereocenters. The molecule has 0 unspecified atom stereocenters. The number of rotatable bonds is 4. The number of anilines is 1. The molecule has 1 aliphatic rings. The van der Waals surface area contributed by atoms with Crippen LogP contribution >= 0.6 is 0 Å². The highest BCUT2D eigenvalue weighted by Crippen LogP contribution is 2.28. The molecule has 112 valence electrons. The number of benzene rings is 2. The van der Waals surface area contributed by atoms with Crippen molar-refractivity contribution in [1.29, 1.82) is 0 Å². The largest absolute Gasteiger partial charge is 0.491 e. The van der Waals surface area contributed by atoms with E-state index in [9.17, 15) is 9.59 Å². The molecule has 22 heavy (non-hydrogen) atoms. The van der Waals surface area contributed by atoms with E-state index in [0.717, 1.165) is 16.9 Å². The lowest BCUT2D eigenvalue weighted by molar-refractivity contribution is -0.114. The molecule has 1 heterocycles. The predicted octanol–water partition coefficient (Wildman–Crippen LogP) is 2.91. The van der Waals surface area contributed by atoms with E-state index in [4.69, 9.17) is 4.74 Å². The Bertz CT molecular complexity index is 752. The van der Waals surface area contributed by atoms with Gasteiger partial charge in [-0.05, 0) is 43.2 Å². The van der Waals surface area contributed by atoms with Crippen LogP contribution in [0.15, 0.2) is 42.5 Å². The summed E-state index contributed by atoms with van der Waals surface area (Å²) in [5, 5.41) is 0. The Morgan fingerprint density at radius 3 is 2.59 bits per heavy atom. The highest BCUT2D eigenvalue weighted by Gasteiger charge is 2.35. The van der Waals surface area contributed by atoms with Crippen LogP contribution in [0.3, 0.4) is 0 Å². The third-order valence-electron chi connectivity index (χ3n) is 4.01. The molecule has 0 saturated carbocycles. The van der Waals surface area contributed by atoms with E-state index in [2.05, 4.69) is 0 Å². The van der Waals surface area contributed by atoms with Crippen LogP contribution < -0.4 is 9.64 Å². The molecular weight excluding hydrogens is 278 g/mol. The van der Waals surface area contributed by atoms with Gasteiger partial charge in [0.1, 0.15) is 12.4 Å². The minimum absolute atomic E-state index is 0.345. The summed E-state index contributed by atoms with van der Waals surface area (Å²) < 4.78 is 5.77. The second-order valence-corrected chi connectivity index (χ2v) is 5.35. The van der Waals surface area contributed by atoms with Crippen LogP contribution in [0.1, 0.15) is 21.5 Å². The number of fused-ring (bicyclic) bond motifs is 1. The van der Waals surface area contributed by atoms with Gasteiger partial charge in [0, 0.05) is 0 Å². The molecule has 1 amide bonds. The summed E-state index contributed by atoms with van der Waals surface area (Å²) in [4.78, 5) is 25.4. The summed E-state index contributed by atoms with van der Waals surface area (Å²) in [5.74, 6) is -0.112. The molecule has 0 saturated heterocycles. The van der Waals surface area contributed by atoms with Gasteiger partial charge < -0.3 is 9.64 Å². The quantitative estimate of drug-likeness (QED) is 0.815. The lowest BCUT2D eigenvalue weighted by Gasteiger charge is -2.17. The van der Waals surface area contributed by atoms with E-state index < -0.39 is 11.7 Å². The Hall–Kier alpha value is -2.62. The minimum Gasteiger partial charge on any atom is -0.491 e. The van der Waals surface area contributed by atoms with Crippen molar-refractivity contribution in [2.45, 2.75) is 13.8 Å². The van der Waals surface area contributed by atoms with Crippen molar-refractivity contribution in [2.24, 2.45) is 0 Å². The Balaban J connectivity index is 1.71. The number of nitrogens with zero attached hydrogens (tertiary/aromatic N) is 1. The molecule has 2 aromatic carbocycles. The Labute approximate surface area is 129 Å². The summed E-state index contributed by atoms with van der Waals surface area (Å²) in [6.45, 7) is 4.73. The third-order valence-corrected chi connectivity index (χ3v) is 4.01. The van der Waals surface area contributed by atoms with Gasteiger partial charge in [0.05, 0.1) is 17.8 Å². The van der Waals surface area contributed by atoms with E-state index in [0.29, 0.717) is 24.4 Å². The number of Topliss-reactive ketones (excluding diaryl/α,β-unsaturated/α-hetero) is 1. The number of aryl methyl sites for hydroxylation is 1. The SMILES string of the molecule is Cc1cccc(OCCN2C(=O)C(=O)c3ccccc32)c1C. The first kappa shape index (κ1) is 14.3. The fourth-order valence-corrected chi connectivity index (χ4v) is 2.60. The van der Waals surface area contributed by atoms with E-state index in [-0.39, 0.29) is 0 Å². The molecule has 0 spiro atoms. The number of carbonyl (C=O) groups excluding carboxylic acids is 2. The highest BCUT2D eigenvalue weighted by molar-refractivity contribution is 6.52. The molecule has 3 rings (SSSR count). The first-order valence-corrected chi connectivity index (χ1v) is 7.24. The zero-order chi connectivity index (χ0) is 15.7. The number of hydrogen-bond donors (Lipinski definition) is 0. The molecule has 0 aromatic heterocycles. The molecule has 4 heteroatoms. The predicted molar refractivity (Wildman–Crippen MR) is 84.5 cm³/mol. The maximum atomic E-state index is 12.0. The zero-order valence-corrected chi connectivity index (χ0v) is 12.6. The molecule has 4 nitrogen and oxygen atoms in total. The Kier molecular flexibility index (Phi) is 3.67. The maximum absolute atomic E-state index is 12.0. The first-order chi connectivity index (χ1) is 10.6. The molecular formula is C18H17NO3. The van der Waals surface area contributed by atoms with Crippen molar-refractivity contribution in [2.75, 3.05) is 18.1 Å². The fraction of sp³-hybridized carbons (Fsp3) is 0.222. The van der Waals surface area contributed by atoms with Crippen LogP contribution in [0.2, 0.25) is 0 Å². The van der Waals surface area contributed by atoms with Crippen molar-refractivity contribution >= 4 is 17.4 Å². The third kappa shape index (κ3) is 2.37. The van der Waals surface area contributed by atoms with E-state index >= 15 is 0 Å². The van der Waals surface area contributed by atoms with Crippen molar-refractivity contribution in [3.05, 3.63) is 59.2 Å². The zero-order valence-electron chi connectivity index (χ0n) is 12.6. The number of hydrogen-bond acceptors (Lipinski definition) is 3. The second-order valence-electron chi connectivity index (χ2n) is 5.35. The average molecular weight is 295 g/mol. The molecule has 0 fully saturated rings. The summed E-state index contributed by atoms with van der Waals surface area (Å²) in [6, 6.07) is 12.9. The van der Waals surface area contributed by atoms with Crippen LogP contribution in [0.4, 0.5) is 5.69 Å². The summed E-state index contributed by atoms with van der Waals surface area (Å²) in [7, 11) is 0. The highest BCUT2D eigenvalue weighted by atomic mass is 16.5. The average Bonchev–Trinajstić information content (AvgIpc) is 2.77. The van der Waals surface area contributed by atoms with Crippen molar-refractivity contribution in [3.8, 4) is 5.75 Å².